The Morgan fingerprint density at radius 1 is 1.33 bits per heavy atom. The zero-order valence-corrected chi connectivity index (χ0v) is 16.4. The Morgan fingerprint density at radius 2 is 2.00 bits per heavy atom. The fraction of sp³-hybridized carbons (Fsp3) is 0.474. The number of hydrogen-bond donors (Lipinski definition) is 2. The van der Waals surface area contributed by atoms with Crippen molar-refractivity contribution in [2.75, 3.05) is 6.61 Å². The first-order chi connectivity index (χ1) is 12.7. The number of carbonyl (C=O) groups excluding carboxylic acids is 3. The van der Waals surface area contributed by atoms with E-state index in [1.165, 1.54) is 6.08 Å². The van der Waals surface area contributed by atoms with Crippen molar-refractivity contribution in [3.05, 3.63) is 28.6 Å². The monoisotopic (exact) mass is 374 g/mol. The summed E-state index contributed by atoms with van der Waals surface area (Å²) in [7, 11) is 0. The zero-order chi connectivity index (χ0) is 20.6. The molecule has 0 bridgehead atoms. The largest absolute Gasteiger partial charge is 0.451 e. The van der Waals surface area contributed by atoms with Gasteiger partial charge in [-0.15, -0.1) is 0 Å². The molecule has 2 N–H and O–H groups in total. The van der Waals surface area contributed by atoms with Gasteiger partial charge in [0.15, 0.2) is 6.61 Å². The normalized spacial score (nSPS) is 11.1. The van der Waals surface area contributed by atoms with Gasteiger partial charge in [0.25, 0.3) is 5.91 Å². The summed E-state index contributed by atoms with van der Waals surface area (Å²) in [5.74, 6) is -1.70. The fourth-order valence-electron chi connectivity index (χ4n) is 2.50. The number of urea groups is 1. The molecular weight excluding hydrogens is 348 g/mol. The fourth-order valence-corrected chi connectivity index (χ4v) is 2.50. The van der Waals surface area contributed by atoms with Gasteiger partial charge in [-0.2, -0.15) is 5.26 Å². The Kier molecular flexibility index (Phi) is 8.27. The summed E-state index contributed by atoms with van der Waals surface area (Å²) >= 11 is 0. The second-order valence-electron chi connectivity index (χ2n) is 6.40. The number of carbonyl (C=O) groups is 3. The summed E-state index contributed by atoms with van der Waals surface area (Å²) in [6.07, 6.45) is 2.41. The number of esters is 1. The zero-order valence-electron chi connectivity index (χ0n) is 16.4. The molecule has 0 saturated heterocycles. The summed E-state index contributed by atoms with van der Waals surface area (Å²) in [5.41, 5.74) is 2.50. The molecule has 0 saturated carbocycles. The molecule has 1 aromatic rings. The highest BCUT2D eigenvalue weighted by Gasteiger charge is 2.16. The lowest BCUT2D eigenvalue weighted by molar-refractivity contribution is -0.144. The smallest absolute Gasteiger partial charge is 0.349 e. The van der Waals surface area contributed by atoms with E-state index in [0.29, 0.717) is 0 Å². The van der Waals surface area contributed by atoms with Gasteiger partial charge in [0, 0.05) is 24.0 Å². The number of imide groups is 1. The lowest BCUT2D eigenvalue weighted by Crippen LogP contribution is -2.44. The minimum atomic E-state index is -0.919. The molecule has 27 heavy (non-hydrogen) atoms. The molecular formula is C19H26N4O4. The Labute approximate surface area is 159 Å². The van der Waals surface area contributed by atoms with Gasteiger partial charge in [-0.1, -0.05) is 6.92 Å². The van der Waals surface area contributed by atoms with Crippen LogP contribution >= 0.6 is 0 Å². The maximum atomic E-state index is 12.1. The molecule has 0 aliphatic heterocycles. The molecule has 0 spiro atoms. The lowest BCUT2D eigenvalue weighted by atomic mass is 10.1. The molecule has 0 atom stereocenters. The molecule has 0 unspecified atom stereocenters. The van der Waals surface area contributed by atoms with Crippen molar-refractivity contribution in [1.82, 2.24) is 15.2 Å². The van der Waals surface area contributed by atoms with Crippen LogP contribution in [0.1, 0.15) is 44.1 Å². The number of nitrogens with zero attached hydrogens (tertiary/aromatic N) is 2. The molecule has 0 aliphatic carbocycles. The summed E-state index contributed by atoms with van der Waals surface area (Å²) in [4.78, 5) is 35.1. The van der Waals surface area contributed by atoms with E-state index in [1.807, 2.05) is 25.2 Å². The van der Waals surface area contributed by atoms with Crippen molar-refractivity contribution in [3.8, 4) is 6.07 Å². The summed E-state index contributed by atoms with van der Waals surface area (Å²) in [6, 6.07) is 2.87. The van der Waals surface area contributed by atoms with Crippen molar-refractivity contribution >= 4 is 24.0 Å². The van der Waals surface area contributed by atoms with Crippen LogP contribution in [0.3, 0.4) is 0 Å². The van der Waals surface area contributed by atoms with Crippen LogP contribution in [0.15, 0.2) is 11.6 Å². The van der Waals surface area contributed by atoms with Crippen LogP contribution in [0.25, 0.3) is 6.08 Å². The van der Waals surface area contributed by atoms with Crippen molar-refractivity contribution < 1.29 is 19.1 Å². The van der Waals surface area contributed by atoms with Crippen LogP contribution in [-0.4, -0.2) is 35.1 Å². The minimum Gasteiger partial charge on any atom is -0.451 e. The van der Waals surface area contributed by atoms with E-state index in [0.717, 1.165) is 29.9 Å². The minimum absolute atomic E-state index is 0.139. The van der Waals surface area contributed by atoms with Crippen molar-refractivity contribution in [3.63, 3.8) is 0 Å². The van der Waals surface area contributed by atoms with Crippen LogP contribution in [-0.2, 0) is 20.9 Å². The first-order valence-electron chi connectivity index (χ1n) is 8.75. The first-order valence-corrected chi connectivity index (χ1v) is 8.75. The summed E-state index contributed by atoms with van der Waals surface area (Å²) < 4.78 is 6.93. The molecule has 1 heterocycles. The third kappa shape index (κ3) is 6.62. The third-order valence-electron chi connectivity index (χ3n) is 3.71. The lowest BCUT2D eigenvalue weighted by Gasteiger charge is -2.09. The molecule has 8 nitrogen and oxygen atoms in total. The van der Waals surface area contributed by atoms with Gasteiger partial charge in [0.05, 0.1) is 0 Å². The van der Waals surface area contributed by atoms with Gasteiger partial charge in [0.1, 0.15) is 11.6 Å². The van der Waals surface area contributed by atoms with E-state index in [4.69, 9.17) is 4.74 Å². The van der Waals surface area contributed by atoms with E-state index in [-0.39, 0.29) is 11.6 Å². The van der Waals surface area contributed by atoms with Gasteiger partial charge < -0.3 is 14.6 Å². The number of nitrogens with one attached hydrogen (secondary N) is 2. The van der Waals surface area contributed by atoms with Gasteiger partial charge in [-0.25, -0.2) is 9.59 Å². The molecule has 1 rings (SSSR count). The molecule has 146 valence electrons. The van der Waals surface area contributed by atoms with E-state index < -0.39 is 24.5 Å². The third-order valence-corrected chi connectivity index (χ3v) is 3.71. The number of amides is 3. The average Bonchev–Trinajstić information content (AvgIpc) is 2.84. The van der Waals surface area contributed by atoms with E-state index in [1.54, 1.807) is 19.9 Å². The van der Waals surface area contributed by atoms with Crippen molar-refractivity contribution in [1.29, 1.82) is 5.26 Å². The van der Waals surface area contributed by atoms with E-state index in [2.05, 4.69) is 16.8 Å². The highest BCUT2D eigenvalue weighted by atomic mass is 16.5. The maximum absolute atomic E-state index is 12.1. The SMILES string of the molecule is CCCn1c(C)cc(/C=C(\C#N)C(=O)OCC(=O)NC(=O)NC(C)C)c1C. The van der Waals surface area contributed by atoms with Gasteiger partial charge >= 0.3 is 12.0 Å². The van der Waals surface area contributed by atoms with E-state index >= 15 is 0 Å². The Morgan fingerprint density at radius 3 is 2.56 bits per heavy atom. The van der Waals surface area contributed by atoms with Crippen LogP contribution in [0.5, 0.6) is 0 Å². The molecule has 0 aliphatic rings. The highest BCUT2D eigenvalue weighted by Crippen LogP contribution is 2.19. The topological polar surface area (TPSA) is 113 Å². The number of hydrogen-bond acceptors (Lipinski definition) is 5. The number of rotatable bonds is 7. The Bertz CT molecular complexity index is 784. The second-order valence-corrected chi connectivity index (χ2v) is 6.40. The quantitative estimate of drug-likeness (QED) is 0.431. The van der Waals surface area contributed by atoms with Crippen molar-refractivity contribution in [2.24, 2.45) is 0 Å². The predicted molar refractivity (Wildman–Crippen MR) is 101 cm³/mol. The second kappa shape index (κ2) is 10.2. The molecule has 0 fully saturated rings. The van der Waals surface area contributed by atoms with Gasteiger partial charge in [-0.3, -0.25) is 10.1 Å². The first kappa shape index (κ1) is 22.0. The standard InChI is InChI=1S/C19H26N4O4/c1-6-7-23-13(4)8-15(14(23)5)9-16(10-20)18(25)27-11-17(24)22-19(26)21-12(2)3/h8-9,12H,6-7,11H2,1-5H3,(H2,21,22,24,26)/b16-9+. The van der Waals surface area contributed by atoms with Gasteiger partial charge in [0.2, 0.25) is 0 Å². The number of aryl methyl sites for hydroxylation is 1. The number of ether oxygens (including phenoxy) is 1. The number of nitriles is 1. The summed E-state index contributed by atoms with van der Waals surface area (Å²) in [6.45, 7) is 9.61. The van der Waals surface area contributed by atoms with Crippen LogP contribution < -0.4 is 10.6 Å². The molecule has 0 radical (unpaired) electrons. The maximum Gasteiger partial charge on any atom is 0.349 e. The van der Waals surface area contributed by atoms with Crippen molar-refractivity contribution in [2.45, 2.75) is 53.6 Å². The summed E-state index contributed by atoms with van der Waals surface area (Å²) in [5, 5.41) is 13.8. The molecule has 3 amide bonds. The predicted octanol–water partition coefficient (Wildman–Crippen LogP) is 2.20. The van der Waals surface area contributed by atoms with Crippen LogP contribution in [0, 0.1) is 25.2 Å². The number of aromatic nitrogens is 1. The average molecular weight is 374 g/mol. The Hall–Kier alpha value is -3.08. The van der Waals surface area contributed by atoms with Crippen LogP contribution in [0.2, 0.25) is 0 Å². The van der Waals surface area contributed by atoms with E-state index in [9.17, 15) is 19.6 Å². The van der Waals surface area contributed by atoms with Gasteiger partial charge in [-0.05, 0) is 51.8 Å². The molecule has 0 aromatic carbocycles. The molecule has 8 heteroatoms. The highest BCUT2D eigenvalue weighted by molar-refractivity contribution is 6.00. The molecule has 1 aromatic heterocycles. The van der Waals surface area contributed by atoms with Crippen LogP contribution in [0.4, 0.5) is 4.79 Å². The Balaban J connectivity index is 2.77.